The number of nitrogens with one attached hydrogen (secondary N) is 1. The molecule has 0 bridgehead atoms. The standard InChI is InChI=1S/C20H21Cl2N3S/c21-18-9-8-17(15-19(18)22)23-20(26)25-13-11-24(12-14-25)10-4-7-16-5-2-1-3-6-16/h1-9,15H,10-14H2,(H,23,26). The molecule has 0 aliphatic carbocycles. The summed E-state index contributed by atoms with van der Waals surface area (Å²) in [6.45, 7) is 4.75. The Bertz CT molecular complexity index is 772. The summed E-state index contributed by atoms with van der Waals surface area (Å²) in [5.41, 5.74) is 2.09. The maximum Gasteiger partial charge on any atom is 0.173 e. The maximum absolute atomic E-state index is 6.05. The normalized spacial score (nSPS) is 15.4. The molecule has 3 rings (SSSR count). The molecule has 2 aromatic rings. The van der Waals surface area contributed by atoms with Crippen LogP contribution in [0.15, 0.2) is 54.6 Å². The minimum atomic E-state index is 0.523. The Morgan fingerprint density at radius 2 is 1.73 bits per heavy atom. The van der Waals surface area contributed by atoms with E-state index in [2.05, 4.69) is 51.5 Å². The van der Waals surface area contributed by atoms with Gasteiger partial charge >= 0.3 is 0 Å². The van der Waals surface area contributed by atoms with Gasteiger partial charge in [0, 0.05) is 38.4 Å². The number of benzene rings is 2. The number of halogens is 2. The van der Waals surface area contributed by atoms with Crippen LogP contribution in [-0.2, 0) is 0 Å². The Labute approximate surface area is 170 Å². The molecule has 0 aromatic heterocycles. The molecule has 1 N–H and O–H groups in total. The molecular formula is C20H21Cl2N3S. The number of piperazine rings is 1. The zero-order chi connectivity index (χ0) is 18.4. The smallest absolute Gasteiger partial charge is 0.173 e. The van der Waals surface area contributed by atoms with E-state index in [1.165, 1.54) is 5.56 Å². The number of thiocarbonyl (C=S) groups is 1. The lowest BCUT2D eigenvalue weighted by Gasteiger charge is -2.35. The van der Waals surface area contributed by atoms with Crippen LogP contribution >= 0.6 is 35.4 Å². The summed E-state index contributed by atoms with van der Waals surface area (Å²) >= 11 is 17.5. The lowest BCUT2D eigenvalue weighted by atomic mass is 10.2. The summed E-state index contributed by atoms with van der Waals surface area (Å²) < 4.78 is 0. The van der Waals surface area contributed by atoms with Crippen LogP contribution < -0.4 is 5.32 Å². The Morgan fingerprint density at radius 3 is 2.42 bits per heavy atom. The second-order valence-electron chi connectivity index (χ2n) is 6.16. The van der Waals surface area contributed by atoms with E-state index in [-0.39, 0.29) is 0 Å². The summed E-state index contributed by atoms with van der Waals surface area (Å²) in [7, 11) is 0. The molecule has 1 saturated heterocycles. The van der Waals surface area contributed by atoms with Crippen molar-refractivity contribution in [3.05, 3.63) is 70.2 Å². The van der Waals surface area contributed by atoms with E-state index in [4.69, 9.17) is 35.4 Å². The van der Waals surface area contributed by atoms with Crippen molar-refractivity contribution in [1.82, 2.24) is 9.80 Å². The van der Waals surface area contributed by atoms with Crippen LogP contribution in [0.1, 0.15) is 5.56 Å². The molecule has 1 aliphatic rings. The topological polar surface area (TPSA) is 18.5 Å². The number of anilines is 1. The van der Waals surface area contributed by atoms with E-state index >= 15 is 0 Å². The van der Waals surface area contributed by atoms with Crippen LogP contribution in [0.2, 0.25) is 10.0 Å². The Hall–Kier alpha value is -1.59. The van der Waals surface area contributed by atoms with Crippen molar-refractivity contribution < 1.29 is 0 Å². The molecule has 0 saturated carbocycles. The Balaban J connectivity index is 1.44. The summed E-state index contributed by atoms with van der Waals surface area (Å²) in [5.74, 6) is 0. The second kappa shape index (κ2) is 9.38. The molecule has 1 heterocycles. The average molecular weight is 406 g/mol. The molecular weight excluding hydrogens is 385 g/mol. The predicted octanol–water partition coefficient (Wildman–Crippen LogP) is 5.02. The van der Waals surface area contributed by atoms with Crippen LogP contribution in [0.4, 0.5) is 5.69 Å². The van der Waals surface area contributed by atoms with Crippen molar-refractivity contribution in [3.8, 4) is 0 Å². The van der Waals surface area contributed by atoms with Crippen molar-refractivity contribution >= 4 is 52.3 Å². The highest BCUT2D eigenvalue weighted by Crippen LogP contribution is 2.25. The third kappa shape index (κ3) is 5.45. The highest BCUT2D eigenvalue weighted by atomic mass is 35.5. The molecule has 1 fully saturated rings. The van der Waals surface area contributed by atoms with Crippen molar-refractivity contribution in [2.45, 2.75) is 0 Å². The highest BCUT2D eigenvalue weighted by Gasteiger charge is 2.18. The van der Waals surface area contributed by atoms with Gasteiger partial charge in [0.15, 0.2) is 5.11 Å². The maximum atomic E-state index is 6.05. The Kier molecular flexibility index (Phi) is 6.92. The fraction of sp³-hybridized carbons (Fsp3) is 0.250. The fourth-order valence-corrected chi connectivity index (χ4v) is 3.41. The average Bonchev–Trinajstić information content (AvgIpc) is 2.66. The van der Waals surface area contributed by atoms with Crippen molar-refractivity contribution in [3.63, 3.8) is 0 Å². The van der Waals surface area contributed by atoms with E-state index in [9.17, 15) is 0 Å². The molecule has 0 atom stereocenters. The number of rotatable bonds is 4. The minimum absolute atomic E-state index is 0.523. The van der Waals surface area contributed by atoms with Gasteiger partial charge in [-0.25, -0.2) is 0 Å². The van der Waals surface area contributed by atoms with Crippen molar-refractivity contribution in [2.24, 2.45) is 0 Å². The first-order chi connectivity index (χ1) is 12.6. The van der Waals surface area contributed by atoms with Crippen LogP contribution in [-0.4, -0.2) is 47.6 Å². The van der Waals surface area contributed by atoms with Crippen LogP contribution in [0.3, 0.4) is 0 Å². The van der Waals surface area contributed by atoms with E-state index in [0.717, 1.165) is 43.5 Å². The zero-order valence-corrected chi connectivity index (χ0v) is 16.7. The molecule has 1 aliphatic heterocycles. The van der Waals surface area contributed by atoms with Gasteiger partial charge in [0.1, 0.15) is 0 Å². The van der Waals surface area contributed by atoms with Gasteiger partial charge in [0.25, 0.3) is 0 Å². The van der Waals surface area contributed by atoms with Gasteiger partial charge in [0.05, 0.1) is 10.0 Å². The summed E-state index contributed by atoms with van der Waals surface area (Å²) in [6.07, 6.45) is 4.39. The van der Waals surface area contributed by atoms with Gasteiger partial charge in [-0.3, -0.25) is 4.90 Å². The largest absolute Gasteiger partial charge is 0.346 e. The first-order valence-electron chi connectivity index (χ1n) is 8.57. The van der Waals surface area contributed by atoms with E-state index in [1.54, 1.807) is 12.1 Å². The molecule has 0 unspecified atom stereocenters. The van der Waals surface area contributed by atoms with E-state index < -0.39 is 0 Å². The number of nitrogens with zero attached hydrogens (tertiary/aromatic N) is 2. The summed E-state index contributed by atoms with van der Waals surface area (Å²) in [5, 5.41) is 5.03. The lowest BCUT2D eigenvalue weighted by molar-refractivity contribution is 0.200. The first-order valence-corrected chi connectivity index (χ1v) is 9.73. The quantitative estimate of drug-likeness (QED) is 0.719. The van der Waals surface area contributed by atoms with Gasteiger partial charge in [0.2, 0.25) is 0 Å². The van der Waals surface area contributed by atoms with E-state index in [1.807, 2.05) is 12.1 Å². The molecule has 6 heteroatoms. The third-order valence-corrected chi connectivity index (χ3v) is 5.40. The molecule has 0 amide bonds. The fourth-order valence-electron chi connectivity index (χ4n) is 2.81. The predicted molar refractivity (Wildman–Crippen MR) is 116 cm³/mol. The second-order valence-corrected chi connectivity index (χ2v) is 7.36. The van der Waals surface area contributed by atoms with Gasteiger partial charge in [-0.1, -0.05) is 65.7 Å². The van der Waals surface area contributed by atoms with E-state index in [0.29, 0.717) is 10.0 Å². The molecule has 0 spiro atoms. The zero-order valence-electron chi connectivity index (χ0n) is 14.4. The third-order valence-electron chi connectivity index (χ3n) is 4.30. The molecule has 2 aromatic carbocycles. The van der Waals surface area contributed by atoms with Gasteiger partial charge < -0.3 is 10.2 Å². The molecule has 0 radical (unpaired) electrons. The van der Waals surface area contributed by atoms with Crippen LogP contribution in [0.25, 0.3) is 6.08 Å². The Morgan fingerprint density at radius 1 is 1.00 bits per heavy atom. The van der Waals surface area contributed by atoms with Crippen molar-refractivity contribution in [1.29, 1.82) is 0 Å². The SMILES string of the molecule is S=C(Nc1ccc(Cl)c(Cl)c1)N1CCN(CC=Cc2ccccc2)CC1. The van der Waals surface area contributed by atoms with Crippen LogP contribution in [0.5, 0.6) is 0 Å². The van der Waals surface area contributed by atoms with Crippen molar-refractivity contribution in [2.75, 3.05) is 38.0 Å². The number of hydrogen-bond donors (Lipinski definition) is 1. The van der Waals surface area contributed by atoms with Crippen LogP contribution in [0, 0.1) is 0 Å². The monoisotopic (exact) mass is 405 g/mol. The molecule has 136 valence electrons. The van der Waals surface area contributed by atoms with Gasteiger partial charge in [-0.05, 0) is 36.0 Å². The highest BCUT2D eigenvalue weighted by molar-refractivity contribution is 7.80. The lowest BCUT2D eigenvalue weighted by Crippen LogP contribution is -2.49. The number of hydrogen-bond acceptors (Lipinski definition) is 2. The van der Waals surface area contributed by atoms with Gasteiger partial charge in [-0.15, -0.1) is 0 Å². The summed E-state index contributed by atoms with van der Waals surface area (Å²) in [4.78, 5) is 4.62. The molecule has 26 heavy (non-hydrogen) atoms. The minimum Gasteiger partial charge on any atom is -0.346 e. The molecule has 3 nitrogen and oxygen atoms in total. The van der Waals surface area contributed by atoms with Gasteiger partial charge in [-0.2, -0.15) is 0 Å². The summed E-state index contributed by atoms with van der Waals surface area (Å²) in [6, 6.07) is 15.8. The first kappa shape index (κ1) is 19.2.